The van der Waals surface area contributed by atoms with E-state index >= 15 is 0 Å². The summed E-state index contributed by atoms with van der Waals surface area (Å²) in [6, 6.07) is 6.73. The van der Waals surface area contributed by atoms with Crippen molar-refractivity contribution in [1.29, 1.82) is 0 Å². The summed E-state index contributed by atoms with van der Waals surface area (Å²) in [5.41, 5.74) is 0.562. The summed E-state index contributed by atoms with van der Waals surface area (Å²) in [7, 11) is 0. The standard InChI is InChI=1S/C17H23BrN2O2/c1-12(2)15(17(22)20-9-4-3-5-10-20)19-16(21)13-7-6-8-14(18)11-13/h6-8,11-12,15H,3-5,9-10H2,1-2H3,(H,19,21)/t15-/m1/s1. The molecule has 1 fully saturated rings. The summed E-state index contributed by atoms with van der Waals surface area (Å²) in [6.45, 7) is 5.53. The maximum atomic E-state index is 12.7. The molecule has 2 rings (SSSR count). The van der Waals surface area contributed by atoms with Crippen LogP contribution in [0.25, 0.3) is 0 Å². The Labute approximate surface area is 140 Å². The number of likely N-dealkylation sites (tertiary alicyclic amines) is 1. The molecular formula is C17H23BrN2O2. The van der Waals surface area contributed by atoms with Crippen molar-refractivity contribution in [2.24, 2.45) is 5.92 Å². The number of halogens is 1. The smallest absolute Gasteiger partial charge is 0.251 e. The van der Waals surface area contributed by atoms with Crippen molar-refractivity contribution < 1.29 is 9.59 Å². The Balaban J connectivity index is 2.08. The van der Waals surface area contributed by atoms with E-state index in [9.17, 15) is 9.59 Å². The summed E-state index contributed by atoms with van der Waals surface area (Å²) in [5, 5.41) is 2.91. The number of rotatable bonds is 4. The zero-order chi connectivity index (χ0) is 16.1. The van der Waals surface area contributed by atoms with Crippen molar-refractivity contribution in [3.05, 3.63) is 34.3 Å². The SMILES string of the molecule is CC(C)[C@@H](NC(=O)c1cccc(Br)c1)C(=O)N1CCCCC1. The van der Waals surface area contributed by atoms with Crippen molar-refractivity contribution in [2.75, 3.05) is 13.1 Å². The molecule has 1 heterocycles. The molecule has 1 atom stereocenters. The number of amides is 2. The van der Waals surface area contributed by atoms with E-state index in [-0.39, 0.29) is 17.7 Å². The van der Waals surface area contributed by atoms with Gasteiger partial charge in [-0.3, -0.25) is 9.59 Å². The molecule has 0 aliphatic carbocycles. The minimum absolute atomic E-state index is 0.0399. The molecule has 0 bridgehead atoms. The fourth-order valence-corrected chi connectivity index (χ4v) is 3.08. The molecule has 1 saturated heterocycles. The van der Waals surface area contributed by atoms with E-state index in [2.05, 4.69) is 21.2 Å². The Kier molecular flexibility index (Phi) is 6.00. The molecule has 22 heavy (non-hydrogen) atoms. The average molecular weight is 367 g/mol. The number of carbonyl (C=O) groups excluding carboxylic acids is 2. The first-order chi connectivity index (χ1) is 10.5. The summed E-state index contributed by atoms with van der Waals surface area (Å²) >= 11 is 3.36. The number of carbonyl (C=O) groups is 2. The van der Waals surface area contributed by atoms with Crippen molar-refractivity contribution in [3.8, 4) is 0 Å². The lowest BCUT2D eigenvalue weighted by atomic mass is 10.0. The Hall–Kier alpha value is -1.36. The minimum Gasteiger partial charge on any atom is -0.341 e. The van der Waals surface area contributed by atoms with Gasteiger partial charge in [0.1, 0.15) is 6.04 Å². The third-order valence-electron chi connectivity index (χ3n) is 3.97. The van der Waals surface area contributed by atoms with Gasteiger partial charge < -0.3 is 10.2 Å². The Morgan fingerprint density at radius 3 is 2.45 bits per heavy atom. The molecule has 5 heteroatoms. The highest BCUT2D eigenvalue weighted by Gasteiger charge is 2.29. The van der Waals surface area contributed by atoms with Gasteiger partial charge in [-0.25, -0.2) is 0 Å². The highest BCUT2D eigenvalue weighted by atomic mass is 79.9. The van der Waals surface area contributed by atoms with Crippen molar-refractivity contribution >= 4 is 27.7 Å². The van der Waals surface area contributed by atoms with Gasteiger partial charge in [-0.1, -0.05) is 35.8 Å². The van der Waals surface area contributed by atoms with Crippen LogP contribution >= 0.6 is 15.9 Å². The number of hydrogen-bond donors (Lipinski definition) is 1. The molecule has 0 spiro atoms. The molecule has 1 aromatic carbocycles. The fourth-order valence-electron chi connectivity index (χ4n) is 2.68. The van der Waals surface area contributed by atoms with Crippen LogP contribution in [0.2, 0.25) is 0 Å². The van der Waals surface area contributed by atoms with Crippen LogP contribution < -0.4 is 5.32 Å². The van der Waals surface area contributed by atoms with Crippen LogP contribution in [0.1, 0.15) is 43.5 Å². The molecule has 0 unspecified atom stereocenters. The molecule has 4 nitrogen and oxygen atoms in total. The van der Waals surface area contributed by atoms with Gasteiger partial charge in [0.25, 0.3) is 5.91 Å². The van der Waals surface area contributed by atoms with Crippen molar-refractivity contribution in [3.63, 3.8) is 0 Å². The molecular weight excluding hydrogens is 344 g/mol. The molecule has 0 radical (unpaired) electrons. The Morgan fingerprint density at radius 2 is 1.86 bits per heavy atom. The highest BCUT2D eigenvalue weighted by molar-refractivity contribution is 9.10. The predicted octanol–water partition coefficient (Wildman–Crippen LogP) is 3.22. The van der Waals surface area contributed by atoms with Crippen LogP contribution in [0.3, 0.4) is 0 Å². The van der Waals surface area contributed by atoms with Gasteiger partial charge in [0, 0.05) is 23.1 Å². The number of nitrogens with one attached hydrogen (secondary N) is 1. The molecule has 1 aliphatic heterocycles. The third kappa shape index (κ3) is 4.32. The minimum atomic E-state index is -0.468. The fraction of sp³-hybridized carbons (Fsp3) is 0.529. The lowest BCUT2D eigenvalue weighted by molar-refractivity contribution is -0.135. The van der Waals surface area contributed by atoms with E-state index in [1.54, 1.807) is 12.1 Å². The maximum absolute atomic E-state index is 12.7. The first-order valence-corrected chi connectivity index (χ1v) is 8.63. The van der Waals surface area contributed by atoms with Crippen LogP contribution in [0.5, 0.6) is 0 Å². The van der Waals surface area contributed by atoms with E-state index in [1.165, 1.54) is 6.42 Å². The quantitative estimate of drug-likeness (QED) is 0.889. The lowest BCUT2D eigenvalue weighted by Crippen LogP contribution is -2.52. The Bertz CT molecular complexity index is 539. The number of hydrogen-bond acceptors (Lipinski definition) is 2. The van der Waals surface area contributed by atoms with Gasteiger partial charge in [-0.15, -0.1) is 0 Å². The topological polar surface area (TPSA) is 49.4 Å². The van der Waals surface area contributed by atoms with Crippen LogP contribution in [0.15, 0.2) is 28.7 Å². The normalized spacial score (nSPS) is 16.5. The first kappa shape index (κ1) is 17.0. The van der Waals surface area contributed by atoms with Crippen LogP contribution in [-0.4, -0.2) is 35.8 Å². The molecule has 2 amide bonds. The second-order valence-electron chi connectivity index (χ2n) is 6.09. The summed E-state index contributed by atoms with van der Waals surface area (Å²) in [4.78, 5) is 27.0. The first-order valence-electron chi connectivity index (χ1n) is 7.84. The van der Waals surface area contributed by atoms with E-state index in [4.69, 9.17) is 0 Å². The number of piperidine rings is 1. The predicted molar refractivity (Wildman–Crippen MR) is 90.7 cm³/mol. The van der Waals surface area contributed by atoms with E-state index in [0.29, 0.717) is 5.56 Å². The van der Waals surface area contributed by atoms with Gasteiger partial charge in [0.15, 0.2) is 0 Å². The summed E-state index contributed by atoms with van der Waals surface area (Å²) < 4.78 is 0.851. The van der Waals surface area contributed by atoms with Crippen LogP contribution in [0, 0.1) is 5.92 Å². The lowest BCUT2D eigenvalue weighted by Gasteiger charge is -2.32. The highest BCUT2D eigenvalue weighted by Crippen LogP contribution is 2.15. The second-order valence-corrected chi connectivity index (χ2v) is 7.01. The number of nitrogens with zero attached hydrogens (tertiary/aromatic N) is 1. The van der Waals surface area contributed by atoms with Gasteiger partial charge in [-0.2, -0.15) is 0 Å². The zero-order valence-corrected chi connectivity index (χ0v) is 14.7. The van der Waals surface area contributed by atoms with Gasteiger partial charge in [-0.05, 0) is 43.4 Å². The molecule has 120 valence electrons. The van der Waals surface area contributed by atoms with Crippen molar-refractivity contribution in [1.82, 2.24) is 10.2 Å². The molecule has 1 N–H and O–H groups in total. The van der Waals surface area contributed by atoms with E-state index in [1.807, 2.05) is 30.9 Å². The largest absolute Gasteiger partial charge is 0.341 e. The van der Waals surface area contributed by atoms with Gasteiger partial charge in [0.2, 0.25) is 5.91 Å². The van der Waals surface area contributed by atoms with E-state index in [0.717, 1.165) is 30.4 Å². The molecule has 1 aliphatic rings. The zero-order valence-electron chi connectivity index (χ0n) is 13.1. The molecule has 1 aromatic rings. The van der Waals surface area contributed by atoms with Crippen LogP contribution in [0.4, 0.5) is 0 Å². The monoisotopic (exact) mass is 366 g/mol. The molecule has 0 saturated carbocycles. The Morgan fingerprint density at radius 1 is 1.18 bits per heavy atom. The third-order valence-corrected chi connectivity index (χ3v) is 4.47. The maximum Gasteiger partial charge on any atom is 0.251 e. The van der Waals surface area contributed by atoms with E-state index < -0.39 is 6.04 Å². The molecule has 0 aromatic heterocycles. The second kappa shape index (κ2) is 7.77. The summed E-state index contributed by atoms with van der Waals surface area (Å²) in [6.07, 6.45) is 3.28. The number of benzene rings is 1. The average Bonchev–Trinajstić information content (AvgIpc) is 2.52. The summed E-state index contributed by atoms with van der Waals surface area (Å²) in [5.74, 6) is -0.103. The van der Waals surface area contributed by atoms with Gasteiger partial charge in [0.05, 0.1) is 0 Å². The van der Waals surface area contributed by atoms with Crippen LogP contribution in [-0.2, 0) is 4.79 Å². The van der Waals surface area contributed by atoms with Crippen molar-refractivity contribution in [2.45, 2.75) is 39.2 Å². The van der Waals surface area contributed by atoms with Gasteiger partial charge >= 0.3 is 0 Å².